The smallest absolute Gasteiger partial charge is 0.475 e. The molecular formula is C19H20F3N5O3. The van der Waals surface area contributed by atoms with E-state index in [-0.39, 0.29) is 11.9 Å². The Kier molecular flexibility index (Phi) is 5.83. The zero-order chi connectivity index (χ0) is 22.1. The fraction of sp³-hybridized carbons (Fsp3) is 0.316. The minimum absolute atomic E-state index is 0.0925. The van der Waals surface area contributed by atoms with Crippen LogP contribution >= 0.6 is 0 Å². The molecule has 1 atom stereocenters. The zero-order valence-electron chi connectivity index (χ0n) is 16.2. The molecule has 4 heterocycles. The molecule has 160 valence electrons. The molecule has 4 rings (SSSR count). The summed E-state index contributed by atoms with van der Waals surface area (Å²) >= 11 is 0. The van der Waals surface area contributed by atoms with Gasteiger partial charge in [0.25, 0.3) is 5.91 Å². The van der Waals surface area contributed by atoms with Crippen LogP contribution in [0.4, 0.5) is 18.9 Å². The van der Waals surface area contributed by atoms with E-state index in [1.54, 1.807) is 6.20 Å². The van der Waals surface area contributed by atoms with Crippen molar-refractivity contribution in [2.24, 2.45) is 0 Å². The summed E-state index contributed by atoms with van der Waals surface area (Å²) in [5.74, 6) is -2.85. The van der Waals surface area contributed by atoms with Gasteiger partial charge >= 0.3 is 12.1 Å². The molecule has 0 saturated carbocycles. The van der Waals surface area contributed by atoms with Gasteiger partial charge in [0.15, 0.2) is 0 Å². The monoisotopic (exact) mass is 423 g/mol. The first-order chi connectivity index (χ1) is 14.1. The van der Waals surface area contributed by atoms with E-state index in [9.17, 15) is 18.0 Å². The number of fused-ring (bicyclic) bond motifs is 2. The summed E-state index contributed by atoms with van der Waals surface area (Å²) < 4.78 is 33.8. The molecule has 0 bridgehead atoms. The molecule has 4 N–H and O–H groups in total. The Labute approximate surface area is 169 Å². The maximum Gasteiger partial charge on any atom is 0.490 e. The molecule has 11 heteroatoms. The van der Waals surface area contributed by atoms with Crippen molar-refractivity contribution in [1.29, 1.82) is 0 Å². The van der Waals surface area contributed by atoms with Crippen LogP contribution in [0.5, 0.6) is 0 Å². The number of nitrogens with zero attached hydrogens (tertiary/aromatic N) is 2. The van der Waals surface area contributed by atoms with E-state index in [4.69, 9.17) is 9.90 Å². The van der Waals surface area contributed by atoms with Crippen molar-refractivity contribution in [2.75, 3.05) is 11.9 Å². The number of hydrogen-bond donors (Lipinski definition) is 4. The van der Waals surface area contributed by atoms with Crippen LogP contribution in [0, 0.1) is 6.92 Å². The molecule has 0 saturated heterocycles. The number of aliphatic carboxylic acids is 1. The van der Waals surface area contributed by atoms with Crippen molar-refractivity contribution in [2.45, 2.75) is 32.6 Å². The Bertz CT molecular complexity index is 1090. The van der Waals surface area contributed by atoms with Gasteiger partial charge in [-0.15, -0.1) is 0 Å². The van der Waals surface area contributed by atoms with Gasteiger partial charge in [-0.2, -0.15) is 13.2 Å². The summed E-state index contributed by atoms with van der Waals surface area (Å²) in [7, 11) is 0. The van der Waals surface area contributed by atoms with Crippen LogP contribution in [0.2, 0.25) is 0 Å². The molecule has 3 aromatic heterocycles. The van der Waals surface area contributed by atoms with Crippen molar-refractivity contribution in [1.82, 2.24) is 19.9 Å². The van der Waals surface area contributed by atoms with Crippen LogP contribution in [0.25, 0.3) is 11.0 Å². The van der Waals surface area contributed by atoms with Gasteiger partial charge in [0.1, 0.15) is 11.3 Å². The Morgan fingerprint density at radius 1 is 1.30 bits per heavy atom. The van der Waals surface area contributed by atoms with Gasteiger partial charge in [-0.3, -0.25) is 4.79 Å². The van der Waals surface area contributed by atoms with E-state index in [0.29, 0.717) is 5.69 Å². The number of carboxylic acids is 1. The van der Waals surface area contributed by atoms with Gasteiger partial charge in [0.2, 0.25) is 0 Å². The molecule has 30 heavy (non-hydrogen) atoms. The number of carbonyl (C=O) groups excluding carboxylic acids is 1. The normalized spacial score (nSPS) is 15.8. The minimum Gasteiger partial charge on any atom is -0.475 e. The lowest BCUT2D eigenvalue weighted by atomic mass is 10.2. The van der Waals surface area contributed by atoms with Crippen molar-refractivity contribution >= 4 is 28.6 Å². The molecule has 8 nitrogen and oxygen atoms in total. The SMILES string of the molecule is Cc1c(NC(=O)c2ccc3n2CCNC3C)cnc2[nH]ccc12.O=C(O)C(F)(F)F. The van der Waals surface area contributed by atoms with E-state index < -0.39 is 12.1 Å². The molecule has 0 aromatic carbocycles. The van der Waals surface area contributed by atoms with Crippen LogP contribution in [0.15, 0.2) is 30.6 Å². The number of pyridine rings is 1. The molecule has 3 aromatic rings. The summed E-state index contributed by atoms with van der Waals surface area (Å²) in [6.45, 7) is 5.79. The second kappa shape index (κ2) is 8.19. The maximum atomic E-state index is 12.7. The Morgan fingerprint density at radius 2 is 2.00 bits per heavy atom. The van der Waals surface area contributed by atoms with Crippen molar-refractivity contribution in [3.8, 4) is 0 Å². The zero-order valence-corrected chi connectivity index (χ0v) is 16.2. The minimum atomic E-state index is -5.08. The fourth-order valence-corrected chi connectivity index (χ4v) is 3.26. The first-order valence-electron chi connectivity index (χ1n) is 9.06. The lowest BCUT2D eigenvalue weighted by molar-refractivity contribution is -0.192. The van der Waals surface area contributed by atoms with E-state index in [2.05, 4.69) is 32.1 Å². The van der Waals surface area contributed by atoms with Crippen LogP contribution in [0.3, 0.4) is 0 Å². The van der Waals surface area contributed by atoms with E-state index in [1.165, 1.54) is 0 Å². The summed E-state index contributed by atoms with van der Waals surface area (Å²) in [5.41, 5.74) is 4.45. The predicted octanol–water partition coefficient (Wildman–Crippen LogP) is 3.22. The standard InChI is InChI=1S/C17H19N5O.C2HF3O2/c1-10-12-5-6-19-16(12)20-9-13(10)21-17(23)15-4-3-14-11(2)18-7-8-22(14)15;3-2(4,5)1(6)7/h3-6,9,11,18H,7-8H2,1-2H3,(H,19,20)(H,21,23);(H,6,7). The number of amides is 1. The second-order valence-electron chi connectivity index (χ2n) is 6.76. The average molecular weight is 423 g/mol. The third kappa shape index (κ3) is 4.30. The Hall–Kier alpha value is -3.34. The number of halogens is 3. The van der Waals surface area contributed by atoms with Crippen molar-refractivity contribution in [3.05, 3.63) is 47.5 Å². The van der Waals surface area contributed by atoms with E-state index >= 15 is 0 Å². The predicted molar refractivity (Wildman–Crippen MR) is 103 cm³/mol. The number of H-pyrrole nitrogens is 1. The molecule has 1 amide bonds. The van der Waals surface area contributed by atoms with Gasteiger partial charge in [0, 0.05) is 36.4 Å². The highest BCUT2D eigenvalue weighted by atomic mass is 19.4. The number of anilines is 1. The third-order valence-electron chi connectivity index (χ3n) is 4.82. The molecule has 0 aliphatic carbocycles. The molecule has 0 radical (unpaired) electrons. The number of alkyl halides is 3. The molecular weight excluding hydrogens is 403 g/mol. The third-order valence-corrected chi connectivity index (χ3v) is 4.82. The largest absolute Gasteiger partial charge is 0.490 e. The first kappa shape index (κ1) is 21.4. The van der Waals surface area contributed by atoms with E-state index in [1.807, 2.05) is 31.3 Å². The van der Waals surface area contributed by atoms with Crippen LogP contribution in [0.1, 0.15) is 34.7 Å². The van der Waals surface area contributed by atoms with Crippen LogP contribution < -0.4 is 10.6 Å². The highest BCUT2D eigenvalue weighted by Gasteiger charge is 2.38. The maximum absolute atomic E-state index is 12.7. The number of rotatable bonds is 2. The lowest BCUT2D eigenvalue weighted by Crippen LogP contribution is -2.33. The van der Waals surface area contributed by atoms with Crippen LogP contribution in [-0.4, -0.2) is 44.2 Å². The quantitative estimate of drug-likeness (QED) is 0.506. The topological polar surface area (TPSA) is 112 Å². The summed E-state index contributed by atoms with van der Waals surface area (Å²) in [6, 6.07) is 6.16. The van der Waals surface area contributed by atoms with E-state index in [0.717, 1.165) is 41.1 Å². The van der Waals surface area contributed by atoms with Gasteiger partial charge in [-0.25, -0.2) is 9.78 Å². The molecule has 1 aliphatic heterocycles. The van der Waals surface area contributed by atoms with Gasteiger partial charge in [-0.05, 0) is 37.6 Å². The number of aromatic amines is 1. The fourth-order valence-electron chi connectivity index (χ4n) is 3.26. The van der Waals surface area contributed by atoms with Gasteiger partial charge in [0.05, 0.1) is 11.9 Å². The highest BCUT2D eigenvalue weighted by molar-refractivity contribution is 6.04. The van der Waals surface area contributed by atoms with Crippen LogP contribution in [-0.2, 0) is 11.3 Å². The molecule has 1 aliphatic rings. The number of carbonyl (C=O) groups is 2. The summed E-state index contributed by atoms with van der Waals surface area (Å²) in [5, 5.41) is 14.6. The van der Waals surface area contributed by atoms with Crippen molar-refractivity contribution in [3.63, 3.8) is 0 Å². The first-order valence-corrected chi connectivity index (χ1v) is 9.06. The Balaban J connectivity index is 0.000000318. The average Bonchev–Trinajstić information content (AvgIpc) is 3.31. The highest BCUT2D eigenvalue weighted by Crippen LogP contribution is 2.25. The molecule has 0 spiro atoms. The molecule has 0 fully saturated rings. The number of aromatic nitrogens is 3. The lowest BCUT2D eigenvalue weighted by Gasteiger charge is -2.24. The second-order valence-corrected chi connectivity index (χ2v) is 6.76. The van der Waals surface area contributed by atoms with Gasteiger partial charge < -0.3 is 25.3 Å². The number of hydrogen-bond acceptors (Lipinski definition) is 4. The number of carboxylic acid groups (broad SMARTS) is 1. The summed E-state index contributed by atoms with van der Waals surface area (Å²) in [6.07, 6.45) is -1.52. The molecule has 1 unspecified atom stereocenters. The Morgan fingerprint density at radius 3 is 2.67 bits per heavy atom. The summed E-state index contributed by atoms with van der Waals surface area (Å²) in [4.78, 5) is 29.0. The van der Waals surface area contributed by atoms with Gasteiger partial charge in [-0.1, -0.05) is 0 Å². The number of aryl methyl sites for hydroxylation is 1. The van der Waals surface area contributed by atoms with Crippen molar-refractivity contribution < 1.29 is 27.9 Å². The number of nitrogens with one attached hydrogen (secondary N) is 3.